The van der Waals surface area contributed by atoms with Crippen LogP contribution in [0.4, 0.5) is 5.69 Å². The van der Waals surface area contributed by atoms with Crippen LogP contribution in [0.15, 0.2) is 58.7 Å². The van der Waals surface area contributed by atoms with E-state index in [9.17, 15) is 0 Å². The molecule has 1 aromatic carbocycles. The number of anilines is 1. The summed E-state index contributed by atoms with van der Waals surface area (Å²) >= 11 is 1.90. The largest absolute Gasteiger partial charge is 0.336 e. The summed E-state index contributed by atoms with van der Waals surface area (Å²) in [6.45, 7) is 0. The van der Waals surface area contributed by atoms with E-state index in [1.807, 2.05) is 24.2 Å². The predicted molar refractivity (Wildman–Crippen MR) is 78.2 cm³/mol. The Balaban J connectivity index is 2.01. The van der Waals surface area contributed by atoms with Crippen molar-refractivity contribution in [3.8, 4) is 0 Å². The van der Waals surface area contributed by atoms with E-state index >= 15 is 0 Å². The van der Waals surface area contributed by atoms with Gasteiger partial charge in [-0.15, -0.1) is 11.8 Å². The van der Waals surface area contributed by atoms with Crippen LogP contribution in [0.1, 0.15) is 5.56 Å². The second-order valence-electron chi connectivity index (χ2n) is 4.46. The second-order valence-corrected chi connectivity index (χ2v) is 5.52. The molecule has 0 radical (unpaired) electrons. The number of allylic oxidation sites excluding steroid dienone is 1. The molecule has 0 saturated carbocycles. The zero-order chi connectivity index (χ0) is 11.9. The smallest absolute Gasteiger partial charge is 0.0795 e. The topological polar surface area (TPSA) is 15.6 Å². The second kappa shape index (κ2) is 3.89. The number of thioether (sulfide) groups is 1. The molecule has 0 N–H and O–H groups in total. The molecule has 0 amide bonds. The molecule has 0 aliphatic carbocycles. The molecule has 3 aliphatic heterocycles. The van der Waals surface area contributed by atoms with Gasteiger partial charge in [-0.1, -0.05) is 18.2 Å². The molecule has 2 nitrogen and oxygen atoms in total. The third kappa shape index (κ3) is 1.34. The van der Waals surface area contributed by atoms with Crippen LogP contribution in [0.25, 0.3) is 5.57 Å². The van der Waals surface area contributed by atoms with Crippen LogP contribution < -0.4 is 4.90 Å². The van der Waals surface area contributed by atoms with Gasteiger partial charge in [0.05, 0.1) is 11.7 Å². The molecule has 4 rings (SSSR count). The van der Waals surface area contributed by atoms with Crippen molar-refractivity contribution >= 4 is 29.2 Å². The first-order chi connectivity index (χ1) is 8.95. The number of fused-ring (bicyclic) bond motifs is 3. The Morgan fingerprint density at radius 1 is 1.33 bits per heavy atom. The van der Waals surface area contributed by atoms with Gasteiger partial charge in [0.15, 0.2) is 0 Å². The van der Waals surface area contributed by atoms with Crippen LogP contribution in [0.5, 0.6) is 0 Å². The van der Waals surface area contributed by atoms with Crippen molar-refractivity contribution in [3.63, 3.8) is 0 Å². The number of aliphatic imine (C=N–C) groups is 1. The Bertz CT molecular complexity index is 625. The summed E-state index contributed by atoms with van der Waals surface area (Å²) in [6, 6.07) is 6.87. The number of rotatable bonds is 0. The number of hydrogen-bond acceptors (Lipinski definition) is 3. The minimum Gasteiger partial charge on any atom is -0.336 e. The van der Waals surface area contributed by atoms with E-state index in [4.69, 9.17) is 0 Å². The zero-order valence-electron chi connectivity index (χ0n) is 9.78. The molecule has 0 fully saturated rings. The highest BCUT2D eigenvalue weighted by Crippen LogP contribution is 2.47. The molecule has 3 aliphatic rings. The van der Waals surface area contributed by atoms with Crippen LogP contribution in [0, 0.1) is 0 Å². The predicted octanol–water partition coefficient (Wildman–Crippen LogP) is 3.48. The van der Waals surface area contributed by atoms with Crippen LogP contribution in [-0.2, 0) is 0 Å². The van der Waals surface area contributed by atoms with Crippen molar-refractivity contribution < 1.29 is 0 Å². The summed E-state index contributed by atoms with van der Waals surface area (Å²) in [5.41, 5.74) is 4.04. The molecule has 0 aromatic heterocycles. The van der Waals surface area contributed by atoms with Gasteiger partial charge < -0.3 is 4.90 Å². The summed E-state index contributed by atoms with van der Waals surface area (Å²) in [5, 5.41) is 0. The molecule has 3 heteroatoms. The first kappa shape index (κ1) is 10.2. The molecule has 1 aromatic rings. The Kier molecular flexibility index (Phi) is 2.20. The van der Waals surface area contributed by atoms with Crippen molar-refractivity contribution in [3.05, 3.63) is 54.4 Å². The van der Waals surface area contributed by atoms with E-state index < -0.39 is 0 Å². The summed E-state index contributed by atoms with van der Waals surface area (Å²) in [4.78, 5) is 7.96. The maximum atomic E-state index is 4.22. The highest BCUT2D eigenvalue weighted by molar-refractivity contribution is 7.99. The van der Waals surface area contributed by atoms with Gasteiger partial charge in [-0.25, -0.2) is 0 Å². The zero-order valence-corrected chi connectivity index (χ0v) is 10.6. The third-order valence-corrected chi connectivity index (χ3v) is 4.48. The van der Waals surface area contributed by atoms with Crippen LogP contribution in [-0.4, -0.2) is 18.0 Å². The average molecular weight is 252 g/mol. The lowest BCUT2D eigenvalue weighted by molar-refractivity contribution is 0.981. The normalized spacial score (nSPS) is 23.2. The van der Waals surface area contributed by atoms with E-state index in [0.717, 1.165) is 5.75 Å². The highest BCUT2D eigenvalue weighted by atomic mass is 32.2. The maximum absolute atomic E-state index is 4.22. The van der Waals surface area contributed by atoms with Gasteiger partial charge in [-0.2, -0.15) is 0 Å². The molecule has 1 unspecified atom stereocenters. The van der Waals surface area contributed by atoms with E-state index in [0.29, 0.717) is 6.04 Å². The average Bonchev–Trinajstić information content (AvgIpc) is 2.61. The van der Waals surface area contributed by atoms with E-state index in [2.05, 4.69) is 52.5 Å². The monoisotopic (exact) mass is 252 g/mol. The Hall–Kier alpha value is -1.74. The fraction of sp³-hybridized carbons (Fsp3) is 0.133. The molecule has 0 bridgehead atoms. The van der Waals surface area contributed by atoms with Gasteiger partial charge in [0.1, 0.15) is 0 Å². The Morgan fingerprint density at radius 3 is 3.33 bits per heavy atom. The molecule has 88 valence electrons. The van der Waals surface area contributed by atoms with Gasteiger partial charge in [-0.05, 0) is 23.8 Å². The van der Waals surface area contributed by atoms with Crippen molar-refractivity contribution in [2.45, 2.75) is 10.9 Å². The minimum absolute atomic E-state index is 0.290. The SMILES string of the molecule is C1=CN2c3c(cccc3C3=CC=NC=CC32)SC1. The summed E-state index contributed by atoms with van der Waals surface area (Å²) < 4.78 is 0. The van der Waals surface area contributed by atoms with Gasteiger partial charge in [0, 0.05) is 34.8 Å². The quantitative estimate of drug-likeness (QED) is 0.702. The van der Waals surface area contributed by atoms with Gasteiger partial charge in [0.2, 0.25) is 0 Å². The van der Waals surface area contributed by atoms with Crippen molar-refractivity contribution in [1.82, 2.24) is 0 Å². The lowest BCUT2D eigenvalue weighted by atomic mass is 10.0. The Morgan fingerprint density at radius 2 is 2.33 bits per heavy atom. The van der Waals surface area contributed by atoms with Crippen molar-refractivity contribution in [2.24, 2.45) is 4.99 Å². The molecule has 0 saturated heterocycles. The molecular formula is C15H12N2S. The van der Waals surface area contributed by atoms with Gasteiger partial charge >= 0.3 is 0 Å². The number of benzene rings is 1. The maximum Gasteiger partial charge on any atom is 0.0795 e. The molecular weight excluding hydrogens is 240 g/mol. The van der Waals surface area contributed by atoms with E-state index in [-0.39, 0.29) is 0 Å². The number of hydrogen-bond donors (Lipinski definition) is 0. The first-order valence-corrected chi connectivity index (χ1v) is 7.05. The molecule has 3 heterocycles. The van der Waals surface area contributed by atoms with Gasteiger partial charge in [-0.3, -0.25) is 4.99 Å². The fourth-order valence-corrected chi connectivity index (χ4v) is 3.63. The summed E-state index contributed by atoms with van der Waals surface area (Å²) in [6.07, 6.45) is 12.5. The van der Waals surface area contributed by atoms with Crippen molar-refractivity contribution in [2.75, 3.05) is 10.7 Å². The Labute approximate surface area is 110 Å². The minimum atomic E-state index is 0.290. The van der Waals surface area contributed by atoms with Crippen LogP contribution in [0.2, 0.25) is 0 Å². The molecule has 0 spiro atoms. The fourth-order valence-electron chi connectivity index (χ4n) is 2.74. The lowest BCUT2D eigenvalue weighted by Crippen LogP contribution is -2.23. The van der Waals surface area contributed by atoms with E-state index in [1.54, 1.807) is 0 Å². The number of para-hydroxylation sites is 1. The van der Waals surface area contributed by atoms with Crippen molar-refractivity contribution in [1.29, 1.82) is 0 Å². The van der Waals surface area contributed by atoms with E-state index in [1.165, 1.54) is 21.7 Å². The standard InChI is InChI=1S/C15H12N2S/c1-3-12-11-5-7-16-8-6-13(11)17-9-2-10-18-14(4-1)15(12)17/h1-9,13H,10H2. The molecule has 1 atom stereocenters. The van der Waals surface area contributed by atoms with Crippen LogP contribution in [0.3, 0.4) is 0 Å². The summed E-state index contributed by atoms with van der Waals surface area (Å²) in [5.74, 6) is 1.04. The summed E-state index contributed by atoms with van der Waals surface area (Å²) in [7, 11) is 0. The number of nitrogens with zero attached hydrogens (tertiary/aromatic N) is 2. The first-order valence-electron chi connectivity index (χ1n) is 6.06. The lowest BCUT2D eigenvalue weighted by Gasteiger charge is -2.21. The van der Waals surface area contributed by atoms with Gasteiger partial charge in [0.25, 0.3) is 0 Å². The third-order valence-electron chi connectivity index (χ3n) is 3.48. The molecule has 18 heavy (non-hydrogen) atoms. The van der Waals surface area contributed by atoms with Crippen LogP contribution >= 0.6 is 11.8 Å². The highest BCUT2D eigenvalue weighted by Gasteiger charge is 2.33.